The Labute approximate surface area is 78.4 Å². The van der Waals surface area contributed by atoms with Gasteiger partial charge in [-0.1, -0.05) is 30.2 Å². The molecule has 1 heteroatoms. The Morgan fingerprint density at radius 2 is 2.15 bits per heavy atom. The van der Waals surface area contributed by atoms with E-state index >= 15 is 0 Å². The molecule has 1 N–H and O–H groups in total. The normalized spacial score (nSPS) is 26.2. The number of terminal acetylenes is 1. The van der Waals surface area contributed by atoms with Gasteiger partial charge >= 0.3 is 0 Å². The molecule has 66 valence electrons. The van der Waals surface area contributed by atoms with Crippen molar-refractivity contribution in [3.05, 3.63) is 35.4 Å². The summed E-state index contributed by atoms with van der Waals surface area (Å²) in [4.78, 5) is 0. The quantitative estimate of drug-likeness (QED) is 0.592. The van der Waals surface area contributed by atoms with Gasteiger partial charge in [-0.05, 0) is 30.4 Å². The van der Waals surface area contributed by atoms with Gasteiger partial charge in [0.25, 0.3) is 0 Å². The lowest BCUT2D eigenvalue weighted by Crippen LogP contribution is -2.28. The largest absolute Gasteiger partial charge is 0.373 e. The molecule has 0 bridgehead atoms. The standard InChI is InChI=1S/C12H12O/c1-2-12(13)9-5-7-10-6-3-4-8-11(10)12/h1,3-4,6,8,13H,5,7,9H2. The molecule has 0 aromatic heterocycles. The molecule has 1 aliphatic rings. The molecule has 1 atom stereocenters. The summed E-state index contributed by atoms with van der Waals surface area (Å²) >= 11 is 0. The van der Waals surface area contributed by atoms with Crippen LogP contribution in [-0.2, 0) is 12.0 Å². The highest BCUT2D eigenvalue weighted by molar-refractivity contribution is 5.39. The topological polar surface area (TPSA) is 20.2 Å². The van der Waals surface area contributed by atoms with Gasteiger partial charge in [0.1, 0.15) is 0 Å². The van der Waals surface area contributed by atoms with Crippen LogP contribution in [0.1, 0.15) is 24.0 Å². The average molecular weight is 172 g/mol. The fourth-order valence-electron chi connectivity index (χ4n) is 1.96. The predicted octanol–water partition coefficient (Wildman–Crippen LogP) is 1.84. The van der Waals surface area contributed by atoms with E-state index in [2.05, 4.69) is 5.92 Å². The zero-order chi connectivity index (χ0) is 9.31. The first-order valence-electron chi connectivity index (χ1n) is 4.55. The molecule has 1 aliphatic carbocycles. The first kappa shape index (κ1) is 8.34. The summed E-state index contributed by atoms with van der Waals surface area (Å²) in [5.41, 5.74) is 1.09. The molecule has 0 aliphatic heterocycles. The van der Waals surface area contributed by atoms with Gasteiger partial charge in [0.05, 0.1) is 0 Å². The van der Waals surface area contributed by atoms with Gasteiger partial charge in [0.15, 0.2) is 5.60 Å². The zero-order valence-electron chi connectivity index (χ0n) is 7.46. The molecule has 0 saturated heterocycles. The van der Waals surface area contributed by atoms with Crippen LogP contribution in [-0.4, -0.2) is 5.11 Å². The Hall–Kier alpha value is -1.26. The van der Waals surface area contributed by atoms with Gasteiger partial charge in [-0.15, -0.1) is 6.42 Å². The molecule has 0 saturated carbocycles. The molecule has 0 fully saturated rings. The van der Waals surface area contributed by atoms with Crippen molar-refractivity contribution >= 4 is 0 Å². The highest BCUT2D eigenvalue weighted by atomic mass is 16.3. The number of hydrogen-bond donors (Lipinski definition) is 1. The lowest BCUT2D eigenvalue weighted by Gasteiger charge is -2.29. The molecule has 0 amide bonds. The van der Waals surface area contributed by atoms with Crippen molar-refractivity contribution in [3.63, 3.8) is 0 Å². The molecule has 1 nitrogen and oxygen atoms in total. The third-order valence-electron chi connectivity index (χ3n) is 2.69. The lowest BCUT2D eigenvalue weighted by molar-refractivity contribution is 0.0806. The van der Waals surface area contributed by atoms with E-state index < -0.39 is 5.60 Å². The fourth-order valence-corrected chi connectivity index (χ4v) is 1.96. The molecule has 2 rings (SSSR count). The molecule has 0 radical (unpaired) electrons. The Kier molecular flexibility index (Phi) is 1.86. The number of aryl methyl sites for hydroxylation is 1. The summed E-state index contributed by atoms with van der Waals surface area (Å²) in [7, 11) is 0. The highest BCUT2D eigenvalue weighted by Gasteiger charge is 2.31. The number of benzene rings is 1. The van der Waals surface area contributed by atoms with Crippen molar-refractivity contribution in [3.8, 4) is 12.3 Å². The summed E-state index contributed by atoms with van der Waals surface area (Å²) in [6.45, 7) is 0. The van der Waals surface area contributed by atoms with E-state index in [1.807, 2.05) is 24.3 Å². The number of aliphatic hydroxyl groups is 1. The monoisotopic (exact) mass is 172 g/mol. The van der Waals surface area contributed by atoms with E-state index in [9.17, 15) is 5.11 Å². The van der Waals surface area contributed by atoms with Gasteiger partial charge < -0.3 is 5.11 Å². The molecule has 1 unspecified atom stereocenters. The van der Waals surface area contributed by atoms with Crippen LogP contribution in [0, 0.1) is 12.3 Å². The second-order valence-electron chi connectivity index (χ2n) is 3.52. The van der Waals surface area contributed by atoms with Crippen molar-refractivity contribution in [1.29, 1.82) is 0 Å². The lowest BCUT2D eigenvalue weighted by atomic mass is 9.80. The average Bonchev–Trinajstić information content (AvgIpc) is 2.19. The molecular formula is C12H12O. The first-order chi connectivity index (χ1) is 6.26. The van der Waals surface area contributed by atoms with Crippen molar-refractivity contribution in [2.75, 3.05) is 0 Å². The number of rotatable bonds is 0. The van der Waals surface area contributed by atoms with Gasteiger partial charge in [-0.2, -0.15) is 0 Å². The van der Waals surface area contributed by atoms with Gasteiger partial charge in [0, 0.05) is 0 Å². The third-order valence-corrected chi connectivity index (χ3v) is 2.69. The minimum atomic E-state index is -1.02. The molecule has 1 aromatic carbocycles. The van der Waals surface area contributed by atoms with Crippen LogP contribution in [0.4, 0.5) is 0 Å². The van der Waals surface area contributed by atoms with Crippen molar-refractivity contribution < 1.29 is 5.11 Å². The Morgan fingerprint density at radius 1 is 1.38 bits per heavy atom. The van der Waals surface area contributed by atoms with Crippen LogP contribution in [0.25, 0.3) is 0 Å². The van der Waals surface area contributed by atoms with Crippen LogP contribution in [0.2, 0.25) is 0 Å². The summed E-state index contributed by atoms with van der Waals surface area (Å²) in [6, 6.07) is 7.87. The second kappa shape index (κ2) is 2.90. The van der Waals surface area contributed by atoms with Crippen LogP contribution in [0.3, 0.4) is 0 Å². The number of fused-ring (bicyclic) bond motifs is 1. The molecular weight excluding hydrogens is 160 g/mol. The van der Waals surface area contributed by atoms with Crippen LogP contribution in [0.15, 0.2) is 24.3 Å². The zero-order valence-corrected chi connectivity index (χ0v) is 7.46. The summed E-state index contributed by atoms with van der Waals surface area (Å²) in [6.07, 6.45) is 8.03. The maximum Gasteiger partial charge on any atom is 0.150 e. The van der Waals surface area contributed by atoms with Crippen molar-refractivity contribution in [1.82, 2.24) is 0 Å². The summed E-state index contributed by atoms with van der Waals surface area (Å²) < 4.78 is 0. The Morgan fingerprint density at radius 3 is 2.92 bits per heavy atom. The van der Waals surface area contributed by atoms with Gasteiger partial charge in [0.2, 0.25) is 0 Å². The minimum absolute atomic E-state index is 0.681. The van der Waals surface area contributed by atoms with Crippen molar-refractivity contribution in [2.45, 2.75) is 24.9 Å². The third kappa shape index (κ3) is 1.24. The Bertz CT molecular complexity index is 362. The number of hydrogen-bond acceptors (Lipinski definition) is 1. The molecule has 0 heterocycles. The van der Waals surface area contributed by atoms with E-state index in [1.165, 1.54) is 5.56 Å². The summed E-state index contributed by atoms with van der Waals surface area (Å²) in [5, 5.41) is 10.1. The van der Waals surface area contributed by atoms with E-state index in [-0.39, 0.29) is 0 Å². The Balaban J connectivity index is 2.56. The first-order valence-corrected chi connectivity index (χ1v) is 4.55. The fraction of sp³-hybridized carbons (Fsp3) is 0.333. The molecule has 1 aromatic rings. The highest BCUT2D eigenvalue weighted by Crippen LogP contribution is 2.34. The maximum absolute atomic E-state index is 10.1. The minimum Gasteiger partial charge on any atom is -0.373 e. The second-order valence-corrected chi connectivity index (χ2v) is 3.52. The van der Waals surface area contributed by atoms with Crippen LogP contribution >= 0.6 is 0 Å². The predicted molar refractivity (Wildman–Crippen MR) is 52.1 cm³/mol. The van der Waals surface area contributed by atoms with E-state index in [0.29, 0.717) is 6.42 Å². The van der Waals surface area contributed by atoms with Crippen LogP contribution in [0.5, 0.6) is 0 Å². The summed E-state index contributed by atoms with van der Waals surface area (Å²) in [5.74, 6) is 2.49. The van der Waals surface area contributed by atoms with E-state index in [4.69, 9.17) is 6.42 Å². The van der Waals surface area contributed by atoms with Crippen molar-refractivity contribution in [2.24, 2.45) is 0 Å². The smallest absolute Gasteiger partial charge is 0.150 e. The van der Waals surface area contributed by atoms with E-state index in [1.54, 1.807) is 0 Å². The molecule has 0 spiro atoms. The van der Waals surface area contributed by atoms with Crippen LogP contribution < -0.4 is 0 Å². The SMILES string of the molecule is C#CC1(O)CCCc2ccccc21. The van der Waals surface area contributed by atoms with E-state index in [0.717, 1.165) is 18.4 Å². The maximum atomic E-state index is 10.1. The van der Waals surface area contributed by atoms with Gasteiger partial charge in [-0.25, -0.2) is 0 Å². The van der Waals surface area contributed by atoms with Gasteiger partial charge in [-0.3, -0.25) is 0 Å². The molecule has 13 heavy (non-hydrogen) atoms.